The molecule has 0 unspecified atom stereocenters. The lowest BCUT2D eigenvalue weighted by Crippen LogP contribution is -2.40. The number of carbonyl (C=O) groups excluding carboxylic acids is 1. The quantitative estimate of drug-likeness (QED) is 0.865. The van der Waals surface area contributed by atoms with Gasteiger partial charge in [0.25, 0.3) is 0 Å². The van der Waals surface area contributed by atoms with Gasteiger partial charge in [0.1, 0.15) is 10.7 Å². The molecule has 1 N–H and O–H groups in total. The first-order chi connectivity index (χ1) is 9.32. The fraction of sp³-hybridized carbons (Fsp3) is 0.417. The molecule has 1 amide bonds. The number of hydrogen-bond donors (Lipinski definition) is 1. The molecule has 1 aromatic rings. The van der Waals surface area contributed by atoms with E-state index in [0.717, 1.165) is 16.4 Å². The van der Waals surface area contributed by atoms with E-state index < -0.39 is 26.6 Å². The zero-order valence-corrected chi connectivity index (χ0v) is 12.8. The van der Waals surface area contributed by atoms with Crippen molar-refractivity contribution >= 4 is 27.5 Å². The summed E-state index contributed by atoms with van der Waals surface area (Å²) in [5, 5.41) is 2.60. The highest BCUT2D eigenvalue weighted by atomic mass is 35.5. The van der Waals surface area contributed by atoms with E-state index in [4.69, 9.17) is 11.6 Å². The summed E-state index contributed by atoms with van der Waals surface area (Å²) in [5.74, 6) is -1.38. The fourth-order valence-corrected chi connectivity index (χ4v) is 3.21. The largest absolute Gasteiger partial charge is 0.355 e. The third-order valence-electron chi connectivity index (χ3n) is 2.56. The van der Waals surface area contributed by atoms with Crippen LogP contribution in [0.4, 0.5) is 4.39 Å². The zero-order valence-electron chi connectivity index (χ0n) is 11.2. The number of sulfonamides is 1. The van der Waals surface area contributed by atoms with Gasteiger partial charge in [-0.3, -0.25) is 4.79 Å². The summed E-state index contributed by atoms with van der Waals surface area (Å²) in [5.41, 5.74) is 0. The highest BCUT2D eigenvalue weighted by Gasteiger charge is 2.27. The van der Waals surface area contributed by atoms with Gasteiger partial charge in [0.15, 0.2) is 0 Å². The lowest BCUT2D eigenvalue weighted by molar-refractivity contribution is -0.121. The maximum Gasteiger partial charge on any atom is 0.246 e. The monoisotopic (exact) mass is 322 g/mol. The third kappa shape index (κ3) is 3.91. The van der Waals surface area contributed by atoms with Crippen molar-refractivity contribution in [1.29, 1.82) is 0 Å². The molecule has 0 aliphatic rings. The number of amides is 1. The van der Waals surface area contributed by atoms with Gasteiger partial charge >= 0.3 is 0 Å². The second kappa shape index (κ2) is 7.01. The number of benzene rings is 1. The summed E-state index contributed by atoms with van der Waals surface area (Å²) < 4.78 is 39.2. The van der Waals surface area contributed by atoms with Crippen LogP contribution in [-0.2, 0) is 14.8 Å². The highest BCUT2D eigenvalue weighted by Crippen LogP contribution is 2.22. The van der Waals surface area contributed by atoms with Gasteiger partial charge in [0.05, 0.1) is 6.54 Å². The molecule has 0 fully saturated rings. The Labute approximate surface area is 122 Å². The maximum absolute atomic E-state index is 13.7. The molecule has 0 heterocycles. The first kappa shape index (κ1) is 16.9. The number of halogens is 2. The van der Waals surface area contributed by atoms with E-state index in [0.29, 0.717) is 6.54 Å². The predicted octanol–water partition coefficient (Wildman–Crippen LogP) is 1.63. The number of likely N-dealkylation sites (N-methyl/N-ethyl adjacent to an activating group) is 2. The highest BCUT2D eigenvalue weighted by molar-refractivity contribution is 7.89. The van der Waals surface area contributed by atoms with Gasteiger partial charge in [-0.15, -0.1) is 0 Å². The molecule has 112 valence electrons. The Morgan fingerprint density at radius 2 is 2.05 bits per heavy atom. The first-order valence-electron chi connectivity index (χ1n) is 6.04. The lowest BCUT2D eigenvalue weighted by Gasteiger charge is -2.20. The molecule has 0 saturated carbocycles. The molecule has 5 nitrogen and oxygen atoms in total. The van der Waals surface area contributed by atoms with Crippen LogP contribution in [0, 0.1) is 5.82 Å². The molecule has 0 aliphatic carbocycles. The van der Waals surface area contributed by atoms with Crippen LogP contribution < -0.4 is 5.32 Å². The topological polar surface area (TPSA) is 66.5 Å². The van der Waals surface area contributed by atoms with Crippen LogP contribution in [0.5, 0.6) is 0 Å². The second-order valence-electron chi connectivity index (χ2n) is 3.96. The summed E-state index contributed by atoms with van der Waals surface area (Å²) >= 11 is 5.59. The molecule has 0 spiro atoms. The molecule has 0 aliphatic heterocycles. The SMILES string of the molecule is CCNC(=O)CN(CC)S(=O)(=O)c1ccc(Cl)cc1F. The minimum Gasteiger partial charge on any atom is -0.355 e. The number of nitrogens with zero attached hydrogens (tertiary/aromatic N) is 1. The van der Waals surface area contributed by atoms with E-state index in [1.54, 1.807) is 13.8 Å². The third-order valence-corrected chi connectivity index (χ3v) is 4.75. The van der Waals surface area contributed by atoms with Crippen molar-refractivity contribution in [2.24, 2.45) is 0 Å². The maximum atomic E-state index is 13.7. The molecule has 20 heavy (non-hydrogen) atoms. The summed E-state index contributed by atoms with van der Waals surface area (Å²) in [6.07, 6.45) is 0. The summed E-state index contributed by atoms with van der Waals surface area (Å²) in [6, 6.07) is 3.30. The second-order valence-corrected chi connectivity index (χ2v) is 6.30. The van der Waals surface area contributed by atoms with Crippen LogP contribution in [0.1, 0.15) is 13.8 Å². The standard InChI is InChI=1S/C12H16ClFN2O3S/c1-3-15-12(17)8-16(4-2)20(18,19)11-6-5-9(13)7-10(11)14/h5-7H,3-4,8H2,1-2H3,(H,15,17). The number of carbonyl (C=O) groups is 1. The summed E-state index contributed by atoms with van der Waals surface area (Å²) in [4.78, 5) is 11.0. The Balaban J connectivity index is 3.09. The Kier molecular flexibility index (Phi) is 5.91. The molecule has 8 heteroatoms. The van der Waals surface area contributed by atoms with Gasteiger partial charge in [0, 0.05) is 18.1 Å². The molecule has 0 radical (unpaired) electrons. The van der Waals surface area contributed by atoms with Gasteiger partial charge in [-0.2, -0.15) is 4.31 Å². The van der Waals surface area contributed by atoms with Crippen LogP contribution in [0.2, 0.25) is 5.02 Å². The van der Waals surface area contributed by atoms with Gasteiger partial charge in [-0.25, -0.2) is 12.8 Å². The van der Waals surface area contributed by atoms with Crippen molar-refractivity contribution < 1.29 is 17.6 Å². The van der Waals surface area contributed by atoms with Crippen molar-refractivity contribution in [1.82, 2.24) is 9.62 Å². The van der Waals surface area contributed by atoms with E-state index in [2.05, 4.69) is 5.32 Å². The molecular weight excluding hydrogens is 307 g/mol. The van der Waals surface area contributed by atoms with Crippen molar-refractivity contribution in [3.8, 4) is 0 Å². The number of hydrogen-bond acceptors (Lipinski definition) is 3. The molecule has 0 saturated heterocycles. The molecular formula is C12H16ClFN2O3S. The minimum atomic E-state index is -4.07. The van der Waals surface area contributed by atoms with Crippen LogP contribution in [0.25, 0.3) is 0 Å². The van der Waals surface area contributed by atoms with Crippen molar-refractivity contribution in [3.05, 3.63) is 29.0 Å². The van der Waals surface area contributed by atoms with Crippen molar-refractivity contribution in [2.45, 2.75) is 18.7 Å². The van der Waals surface area contributed by atoms with E-state index in [1.165, 1.54) is 6.07 Å². The lowest BCUT2D eigenvalue weighted by atomic mass is 10.3. The Morgan fingerprint density at radius 3 is 2.55 bits per heavy atom. The van der Waals surface area contributed by atoms with Crippen LogP contribution in [0.15, 0.2) is 23.1 Å². The Hall–Kier alpha value is -1.18. The van der Waals surface area contributed by atoms with E-state index in [-0.39, 0.29) is 18.1 Å². The van der Waals surface area contributed by atoms with Crippen molar-refractivity contribution in [3.63, 3.8) is 0 Å². The molecule has 0 aromatic heterocycles. The normalized spacial score (nSPS) is 11.7. The molecule has 0 atom stereocenters. The van der Waals surface area contributed by atoms with Crippen LogP contribution >= 0.6 is 11.6 Å². The van der Waals surface area contributed by atoms with Gasteiger partial charge in [-0.1, -0.05) is 18.5 Å². The molecule has 1 aromatic carbocycles. The molecule has 1 rings (SSSR count). The van der Waals surface area contributed by atoms with E-state index >= 15 is 0 Å². The van der Waals surface area contributed by atoms with E-state index in [9.17, 15) is 17.6 Å². The number of rotatable bonds is 6. The number of nitrogens with one attached hydrogen (secondary N) is 1. The van der Waals surface area contributed by atoms with Gasteiger partial charge in [0.2, 0.25) is 15.9 Å². The average Bonchev–Trinajstić information content (AvgIpc) is 2.35. The summed E-state index contributed by atoms with van der Waals surface area (Å²) in [6.45, 7) is 3.40. The van der Waals surface area contributed by atoms with Gasteiger partial charge in [-0.05, 0) is 25.1 Å². The minimum absolute atomic E-state index is 0.0571. The fourth-order valence-electron chi connectivity index (χ4n) is 1.60. The molecule has 0 bridgehead atoms. The smallest absolute Gasteiger partial charge is 0.246 e. The predicted molar refractivity (Wildman–Crippen MR) is 74.5 cm³/mol. The van der Waals surface area contributed by atoms with E-state index in [1.807, 2.05) is 0 Å². The Morgan fingerprint density at radius 1 is 1.40 bits per heavy atom. The summed E-state index contributed by atoms with van der Waals surface area (Å²) in [7, 11) is -4.07. The first-order valence-corrected chi connectivity index (χ1v) is 7.86. The average molecular weight is 323 g/mol. The Bertz CT molecular complexity index is 592. The zero-order chi connectivity index (χ0) is 15.3. The van der Waals surface area contributed by atoms with Crippen LogP contribution in [-0.4, -0.2) is 38.3 Å². The van der Waals surface area contributed by atoms with Crippen molar-refractivity contribution in [2.75, 3.05) is 19.6 Å². The van der Waals surface area contributed by atoms with Gasteiger partial charge < -0.3 is 5.32 Å². The van der Waals surface area contributed by atoms with Crippen LogP contribution in [0.3, 0.4) is 0 Å².